The molecule has 0 radical (unpaired) electrons. The third-order valence-corrected chi connectivity index (χ3v) is 3.90. The molecule has 0 saturated carbocycles. The first-order valence-electron chi connectivity index (χ1n) is 8.34. The van der Waals surface area contributed by atoms with Gasteiger partial charge in [-0.3, -0.25) is 9.59 Å². The minimum Gasteiger partial charge on any atom is -0.355 e. The average Bonchev–Trinajstić information content (AvgIpc) is 2.58. The van der Waals surface area contributed by atoms with Crippen LogP contribution < -0.4 is 20.9 Å². The van der Waals surface area contributed by atoms with Gasteiger partial charge >= 0.3 is 0 Å². The molecule has 1 saturated heterocycles. The second kappa shape index (κ2) is 9.17. The Morgan fingerprint density at radius 3 is 2.75 bits per heavy atom. The number of anilines is 1. The first-order valence-corrected chi connectivity index (χ1v) is 8.34. The summed E-state index contributed by atoms with van der Waals surface area (Å²) in [6, 6.07) is 4.20. The van der Waals surface area contributed by atoms with Crippen LogP contribution >= 0.6 is 0 Å². The third-order valence-electron chi connectivity index (χ3n) is 3.90. The summed E-state index contributed by atoms with van der Waals surface area (Å²) >= 11 is 0. The SMILES string of the molecule is CC(=O)NCCNC(=O)CN[C@H]1CCCN(c2ccc(C)nn2)C1. The highest BCUT2D eigenvalue weighted by Crippen LogP contribution is 2.17. The van der Waals surface area contributed by atoms with E-state index in [0.717, 1.165) is 37.4 Å². The molecule has 8 nitrogen and oxygen atoms in total. The molecule has 1 atom stereocenters. The van der Waals surface area contributed by atoms with Crippen LogP contribution in [0.15, 0.2) is 12.1 Å². The summed E-state index contributed by atoms with van der Waals surface area (Å²) in [4.78, 5) is 24.7. The number of piperidine rings is 1. The lowest BCUT2D eigenvalue weighted by Crippen LogP contribution is -2.49. The first kappa shape index (κ1) is 18.1. The number of amides is 2. The van der Waals surface area contributed by atoms with Gasteiger partial charge in [0.1, 0.15) is 0 Å². The minimum atomic E-state index is -0.0936. The van der Waals surface area contributed by atoms with Gasteiger partial charge in [-0.05, 0) is 31.9 Å². The molecule has 3 N–H and O–H groups in total. The summed E-state index contributed by atoms with van der Waals surface area (Å²) in [5.41, 5.74) is 0.904. The number of rotatable bonds is 7. The number of nitrogens with zero attached hydrogens (tertiary/aromatic N) is 3. The predicted octanol–water partition coefficient (Wildman–Crippen LogP) is -0.404. The van der Waals surface area contributed by atoms with Gasteiger partial charge in [0.2, 0.25) is 11.8 Å². The Bertz CT molecular complexity index is 548. The van der Waals surface area contributed by atoms with Crippen molar-refractivity contribution >= 4 is 17.6 Å². The fourth-order valence-corrected chi connectivity index (χ4v) is 2.65. The van der Waals surface area contributed by atoms with Gasteiger partial charge in [0.15, 0.2) is 5.82 Å². The van der Waals surface area contributed by atoms with Gasteiger partial charge in [0.05, 0.1) is 12.2 Å². The molecule has 2 amide bonds. The zero-order chi connectivity index (χ0) is 17.4. The summed E-state index contributed by atoms with van der Waals surface area (Å²) < 4.78 is 0. The summed E-state index contributed by atoms with van der Waals surface area (Å²) in [6.45, 7) is 6.31. The Labute approximate surface area is 142 Å². The molecule has 2 rings (SSSR count). The van der Waals surface area contributed by atoms with Gasteiger partial charge in [-0.15, -0.1) is 5.10 Å². The molecule has 1 aliphatic heterocycles. The molecule has 0 aromatic carbocycles. The second-order valence-corrected chi connectivity index (χ2v) is 6.03. The monoisotopic (exact) mass is 334 g/mol. The standard InChI is InChI=1S/C16H26N6O2/c1-12-5-6-15(21-20-12)22-9-3-4-14(11-22)19-10-16(24)18-8-7-17-13(2)23/h5-6,14,19H,3-4,7-11H2,1-2H3,(H,17,23)(H,18,24)/t14-/m0/s1. The van der Waals surface area contributed by atoms with E-state index in [4.69, 9.17) is 0 Å². The Kier molecular flexibility index (Phi) is 6.92. The molecule has 0 bridgehead atoms. The summed E-state index contributed by atoms with van der Waals surface area (Å²) in [7, 11) is 0. The number of hydrogen-bond donors (Lipinski definition) is 3. The van der Waals surface area contributed by atoms with Crippen LogP contribution in [0.3, 0.4) is 0 Å². The van der Waals surface area contributed by atoms with Crippen molar-refractivity contribution in [2.24, 2.45) is 0 Å². The van der Waals surface area contributed by atoms with Crippen molar-refractivity contribution in [1.82, 2.24) is 26.1 Å². The van der Waals surface area contributed by atoms with E-state index in [1.54, 1.807) is 0 Å². The van der Waals surface area contributed by atoms with Gasteiger partial charge in [-0.25, -0.2) is 0 Å². The number of carbonyl (C=O) groups is 2. The van der Waals surface area contributed by atoms with Gasteiger partial charge in [0, 0.05) is 39.1 Å². The van der Waals surface area contributed by atoms with E-state index in [0.29, 0.717) is 13.1 Å². The van der Waals surface area contributed by atoms with Crippen LogP contribution in [0.2, 0.25) is 0 Å². The molecule has 2 heterocycles. The molecule has 0 unspecified atom stereocenters. The van der Waals surface area contributed by atoms with Crippen LogP contribution in [-0.4, -0.2) is 60.8 Å². The topological polar surface area (TPSA) is 99.2 Å². The molecular formula is C16H26N6O2. The van der Waals surface area contributed by atoms with E-state index < -0.39 is 0 Å². The molecular weight excluding hydrogens is 308 g/mol. The maximum atomic E-state index is 11.8. The van der Waals surface area contributed by atoms with E-state index in [1.165, 1.54) is 6.92 Å². The Hall–Kier alpha value is -2.22. The fourth-order valence-electron chi connectivity index (χ4n) is 2.65. The van der Waals surface area contributed by atoms with E-state index in [2.05, 4.69) is 31.0 Å². The lowest BCUT2D eigenvalue weighted by atomic mass is 10.1. The highest BCUT2D eigenvalue weighted by molar-refractivity contribution is 5.78. The predicted molar refractivity (Wildman–Crippen MR) is 91.7 cm³/mol. The van der Waals surface area contributed by atoms with Crippen LogP contribution in [0.5, 0.6) is 0 Å². The lowest BCUT2D eigenvalue weighted by molar-refractivity contribution is -0.121. The van der Waals surface area contributed by atoms with Gasteiger partial charge in [0.25, 0.3) is 0 Å². The highest BCUT2D eigenvalue weighted by Gasteiger charge is 2.21. The Morgan fingerprint density at radius 1 is 1.25 bits per heavy atom. The average molecular weight is 334 g/mol. The fraction of sp³-hybridized carbons (Fsp3) is 0.625. The van der Waals surface area contributed by atoms with E-state index in [-0.39, 0.29) is 24.4 Å². The molecule has 24 heavy (non-hydrogen) atoms. The largest absolute Gasteiger partial charge is 0.355 e. The number of aromatic nitrogens is 2. The van der Waals surface area contributed by atoms with E-state index in [9.17, 15) is 9.59 Å². The van der Waals surface area contributed by atoms with Gasteiger partial charge in [-0.1, -0.05) is 0 Å². The molecule has 1 aromatic rings. The van der Waals surface area contributed by atoms with E-state index >= 15 is 0 Å². The number of carbonyl (C=O) groups excluding carboxylic acids is 2. The van der Waals surface area contributed by atoms with Crippen molar-refractivity contribution in [2.45, 2.75) is 32.7 Å². The number of hydrogen-bond acceptors (Lipinski definition) is 6. The smallest absolute Gasteiger partial charge is 0.234 e. The van der Waals surface area contributed by atoms with Crippen LogP contribution in [0, 0.1) is 6.92 Å². The number of nitrogens with one attached hydrogen (secondary N) is 3. The molecule has 0 spiro atoms. The van der Waals surface area contributed by atoms with Crippen molar-refractivity contribution < 1.29 is 9.59 Å². The first-order chi connectivity index (χ1) is 11.5. The summed E-state index contributed by atoms with van der Waals surface area (Å²) in [5.74, 6) is 0.725. The van der Waals surface area contributed by atoms with Crippen molar-refractivity contribution in [3.05, 3.63) is 17.8 Å². The quantitative estimate of drug-likeness (QED) is 0.587. The van der Waals surface area contributed by atoms with Gasteiger partial charge < -0.3 is 20.9 Å². The molecule has 0 aliphatic carbocycles. The zero-order valence-corrected chi connectivity index (χ0v) is 14.3. The zero-order valence-electron chi connectivity index (χ0n) is 14.3. The van der Waals surface area contributed by atoms with Crippen LogP contribution in [0.1, 0.15) is 25.5 Å². The normalized spacial score (nSPS) is 17.4. The van der Waals surface area contributed by atoms with Crippen molar-refractivity contribution in [3.8, 4) is 0 Å². The highest BCUT2D eigenvalue weighted by atomic mass is 16.2. The number of aryl methyl sites for hydroxylation is 1. The maximum absolute atomic E-state index is 11.8. The van der Waals surface area contributed by atoms with Crippen LogP contribution in [0.4, 0.5) is 5.82 Å². The van der Waals surface area contributed by atoms with E-state index in [1.807, 2.05) is 19.1 Å². The van der Waals surface area contributed by atoms with Gasteiger partial charge in [-0.2, -0.15) is 5.10 Å². The van der Waals surface area contributed by atoms with Crippen molar-refractivity contribution in [1.29, 1.82) is 0 Å². The second-order valence-electron chi connectivity index (χ2n) is 6.03. The Balaban J connectivity index is 1.70. The van der Waals surface area contributed by atoms with Crippen LogP contribution in [-0.2, 0) is 9.59 Å². The maximum Gasteiger partial charge on any atom is 0.234 e. The van der Waals surface area contributed by atoms with Crippen molar-refractivity contribution in [2.75, 3.05) is 37.6 Å². The molecule has 1 fully saturated rings. The Morgan fingerprint density at radius 2 is 2.04 bits per heavy atom. The molecule has 132 valence electrons. The summed E-state index contributed by atoms with van der Waals surface area (Å²) in [6.07, 6.45) is 2.09. The van der Waals surface area contributed by atoms with Crippen LogP contribution in [0.25, 0.3) is 0 Å². The molecule has 1 aliphatic rings. The lowest BCUT2D eigenvalue weighted by Gasteiger charge is -2.33. The van der Waals surface area contributed by atoms with Crippen molar-refractivity contribution in [3.63, 3.8) is 0 Å². The molecule has 8 heteroatoms. The third kappa shape index (κ3) is 6.11. The summed E-state index contributed by atoms with van der Waals surface area (Å²) in [5, 5.41) is 17.0. The minimum absolute atomic E-state index is 0.0624. The molecule has 1 aromatic heterocycles.